The van der Waals surface area contributed by atoms with Crippen LogP contribution in [0.1, 0.15) is 31.2 Å². The van der Waals surface area contributed by atoms with Gasteiger partial charge in [0.05, 0.1) is 17.9 Å². The van der Waals surface area contributed by atoms with Gasteiger partial charge in [0.1, 0.15) is 5.70 Å². The number of nitrogens with zero attached hydrogens (tertiary/aromatic N) is 3. The molecule has 7 heteroatoms. The summed E-state index contributed by atoms with van der Waals surface area (Å²) >= 11 is 1.48. The Morgan fingerprint density at radius 1 is 0.968 bits per heavy atom. The number of hydrogen-bond donors (Lipinski definition) is 1. The van der Waals surface area contributed by atoms with Crippen LogP contribution in [0.25, 0.3) is 5.57 Å². The summed E-state index contributed by atoms with van der Waals surface area (Å²) in [6.07, 6.45) is 0. The maximum Gasteiger partial charge on any atom is 0.282 e. The van der Waals surface area contributed by atoms with E-state index >= 15 is 0 Å². The summed E-state index contributed by atoms with van der Waals surface area (Å²) < 4.78 is 0. The first-order valence-electron chi connectivity index (χ1n) is 10.7. The van der Waals surface area contributed by atoms with Crippen LogP contribution in [0.15, 0.2) is 47.5 Å². The molecule has 1 fully saturated rings. The van der Waals surface area contributed by atoms with Gasteiger partial charge in [0.25, 0.3) is 11.8 Å². The van der Waals surface area contributed by atoms with Crippen LogP contribution in [0.2, 0.25) is 0 Å². The van der Waals surface area contributed by atoms with E-state index in [4.69, 9.17) is 0 Å². The van der Waals surface area contributed by atoms with Crippen LogP contribution in [0.5, 0.6) is 0 Å². The van der Waals surface area contributed by atoms with E-state index in [0.717, 1.165) is 23.5 Å². The molecule has 2 aliphatic rings. The van der Waals surface area contributed by atoms with Crippen LogP contribution >= 0.6 is 11.3 Å². The zero-order valence-corrected chi connectivity index (χ0v) is 19.1. The van der Waals surface area contributed by atoms with Gasteiger partial charge in [-0.3, -0.25) is 14.5 Å². The summed E-state index contributed by atoms with van der Waals surface area (Å²) in [6.45, 7) is 9.98. The van der Waals surface area contributed by atoms with E-state index in [9.17, 15) is 14.7 Å². The Hall–Kier alpha value is -2.48. The molecule has 2 aliphatic heterocycles. The quantitative estimate of drug-likeness (QED) is 0.726. The van der Waals surface area contributed by atoms with Gasteiger partial charge in [-0.15, -0.1) is 11.3 Å². The number of piperazine rings is 1. The van der Waals surface area contributed by atoms with E-state index < -0.39 is 0 Å². The molecule has 2 aromatic rings. The molecule has 0 saturated carbocycles. The highest BCUT2D eigenvalue weighted by molar-refractivity contribution is 7.11. The van der Waals surface area contributed by atoms with E-state index in [1.54, 1.807) is 0 Å². The summed E-state index contributed by atoms with van der Waals surface area (Å²) in [6, 6.07) is 11.5. The Bertz CT molecular complexity index is 982. The minimum absolute atomic E-state index is 0.00264. The maximum absolute atomic E-state index is 13.6. The lowest BCUT2D eigenvalue weighted by atomic mass is 9.87. The number of amides is 2. The van der Waals surface area contributed by atoms with Crippen molar-refractivity contribution in [1.29, 1.82) is 0 Å². The van der Waals surface area contributed by atoms with Gasteiger partial charge in [0, 0.05) is 37.6 Å². The molecule has 31 heavy (non-hydrogen) atoms. The molecule has 1 saturated heterocycles. The van der Waals surface area contributed by atoms with Gasteiger partial charge >= 0.3 is 0 Å². The molecule has 2 amide bonds. The lowest BCUT2D eigenvalue weighted by molar-refractivity contribution is -0.120. The van der Waals surface area contributed by atoms with E-state index in [-0.39, 0.29) is 23.8 Å². The monoisotopic (exact) mass is 439 g/mol. The number of carbonyl (C=O) groups excluding carboxylic acids is 2. The standard InChI is InChI=1S/C24H29N3O3S/c1-24(2,3)17-6-8-18(9-7-17)27-22(29)20(19-5-4-16-31-19)21(23(27)30)26-12-10-25(11-13-26)14-15-28/h4-9,16,28H,10-15H2,1-3H3. The normalized spacial score (nSPS) is 18.5. The van der Waals surface area contributed by atoms with Gasteiger partial charge in [-0.1, -0.05) is 39.0 Å². The number of thiophene rings is 1. The fourth-order valence-corrected chi connectivity index (χ4v) is 4.90. The van der Waals surface area contributed by atoms with E-state index in [1.165, 1.54) is 16.2 Å². The Labute approximate surface area is 187 Å². The van der Waals surface area contributed by atoms with Crippen molar-refractivity contribution in [3.8, 4) is 0 Å². The Balaban J connectivity index is 1.67. The molecule has 6 nitrogen and oxygen atoms in total. The number of β-amino-alcohol motifs (C(OH)–C–C–N with tert-alkyl or cyclic N) is 1. The number of imide groups is 1. The predicted molar refractivity (Wildman–Crippen MR) is 124 cm³/mol. The van der Waals surface area contributed by atoms with Gasteiger partial charge in [-0.25, -0.2) is 4.90 Å². The Kier molecular flexibility index (Phi) is 6.01. The highest BCUT2D eigenvalue weighted by Gasteiger charge is 2.43. The topological polar surface area (TPSA) is 64.1 Å². The van der Waals surface area contributed by atoms with Crippen molar-refractivity contribution in [3.63, 3.8) is 0 Å². The second-order valence-electron chi connectivity index (χ2n) is 9.00. The molecular formula is C24H29N3O3S. The van der Waals surface area contributed by atoms with Crippen molar-refractivity contribution in [3.05, 3.63) is 57.9 Å². The summed E-state index contributed by atoms with van der Waals surface area (Å²) in [5, 5.41) is 11.1. The molecule has 164 valence electrons. The number of rotatable bonds is 5. The minimum Gasteiger partial charge on any atom is -0.395 e. The van der Waals surface area contributed by atoms with Crippen LogP contribution in [-0.4, -0.2) is 66.1 Å². The maximum atomic E-state index is 13.6. The molecule has 1 aromatic carbocycles. The first-order chi connectivity index (χ1) is 14.8. The molecule has 3 heterocycles. The molecule has 0 unspecified atom stereocenters. The SMILES string of the molecule is CC(C)(C)c1ccc(N2C(=O)C(c3cccs3)=C(N3CCN(CCO)CC3)C2=O)cc1. The predicted octanol–water partition coefficient (Wildman–Crippen LogP) is 2.94. The van der Waals surface area contributed by atoms with Crippen LogP contribution in [0, 0.1) is 0 Å². The van der Waals surface area contributed by atoms with Gasteiger partial charge in [0.2, 0.25) is 0 Å². The number of aliphatic hydroxyl groups excluding tert-OH is 1. The van der Waals surface area contributed by atoms with Crippen LogP contribution in [-0.2, 0) is 15.0 Å². The molecule has 0 radical (unpaired) electrons. The van der Waals surface area contributed by atoms with Gasteiger partial charge in [-0.2, -0.15) is 0 Å². The second kappa shape index (κ2) is 8.57. The number of hydrogen-bond acceptors (Lipinski definition) is 6. The summed E-state index contributed by atoms with van der Waals surface area (Å²) in [7, 11) is 0. The summed E-state index contributed by atoms with van der Waals surface area (Å²) in [4.78, 5) is 33.4. The Morgan fingerprint density at radius 2 is 1.65 bits per heavy atom. The fourth-order valence-electron chi connectivity index (χ4n) is 4.14. The molecule has 0 spiro atoms. The van der Waals surface area contributed by atoms with Crippen LogP contribution < -0.4 is 4.90 Å². The Morgan fingerprint density at radius 3 is 2.19 bits per heavy atom. The number of aliphatic hydroxyl groups is 1. The van der Waals surface area contributed by atoms with Crippen molar-refractivity contribution < 1.29 is 14.7 Å². The molecule has 1 N–H and O–H groups in total. The van der Waals surface area contributed by atoms with Gasteiger partial charge in [0.15, 0.2) is 0 Å². The van der Waals surface area contributed by atoms with Crippen molar-refractivity contribution in [1.82, 2.24) is 9.80 Å². The minimum atomic E-state index is -0.260. The third-order valence-electron chi connectivity index (χ3n) is 5.92. The third-order valence-corrected chi connectivity index (χ3v) is 6.81. The van der Waals surface area contributed by atoms with E-state index in [0.29, 0.717) is 36.6 Å². The van der Waals surface area contributed by atoms with E-state index in [1.807, 2.05) is 46.7 Å². The average Bonchev–Trinajstić information content (AvgIpc) is 3.34. The fraction of sp³-hybridized carbons (Fsp3) is 0.417. The zero-order chi connectivity index (χ0) is 22.2. The molecule has 0 aliphatic carbocycles. The van der Waals surface area contributed by atoms with Crippen molar-refractivity contribution >= 4 is 34.4 Å². The largest absolute Gasteiger partial charge is 0.395 e. The third kappa shape index (κ3) is 4.18. The molecule has 4 rings (SSSR count). The first kappa shape index (κ1) is 21.7. The van der Waals surface area contributed by atoms with Gasteiger partial charge in [-0.05, 0) is 34.6 Å². The highest BCUT2D eigenvalue weighted by Crippen LogP contribution is 2.37. The number of anilines is 1. The van der Waals surface area contributed by atoms with Crippen molar-refractivity contribution in [2.75, 3.05) is 44.2 Å². The van der Waals surface area contributed by atoms with Crippen LogP contribution in [0.3, 0.4) is 0 Å². The summed E-state index contributed by atoms with van der Waals surface area (Å²) in [5.74, 6) is -0.517. The molecule has 0 bridgehead atoms. The highest BCUT2D eigenvalue weighted by atomic mass is 32.1. The van der Waals surface area contributed by atoms with E-state index in [2.05, 4.69) is 25.7 Å². The molecule has 1 aromatic heterocycles. The smallest absolute Gasteiger partial charge is 0.282 e. The first-order valence-corrected chi connectivity index (χ1v) is 11.5. The van der Waals surface area contributed by atoms with Crippen LogP contribution in [0.4, 0.5) is 5.69 Å². The molecular weight excluding hydrogens is 410 g/mol. The zero-order valence-electron chi connectivity index (χ0n) is 18.3. The lowest BCUT2D eigenvalue weighted by Gasteiger charge is -2.36. The second-order valence-corrected chi connectivity index (χ2v) is 9.94. The van der Waals surface area contributed by atoms with Gasteiger partial charge < -0.3 is 10.0 Å². The summed E-state index contributed by atoms with van der Waals surface area (Å²) in [5.41, 5.74) is 2.75. The lowest BCUT2D eigenvalue weighted by Crippen LogP contribution is -2.48. The molecule has 0 atom stereocenters. The number of carbonyl (C=O) groups is 2. The average molecular weight is 440 g/mol. The van der Waals surface area contributed by atoms with Crippen molar-refractivity contribution in [2.24, 2.45) is 0 Å². The number of benzene rings is 1. The van der Waals surface area contributed by atoms with Crippen molar-refractivity contribution in [2.45, 2.75) is 26.2 Å².